The van der Waals surface area contributed by atoms with Crippen LogP contribution in [0.5, 0.6) is 0 Å². The molecule has 0 unspecified atom stereocenters. The summed E-state index contributed by atoms with van der Waals surface area (Å²) in [5.41, 5.74) is 8.29. The highest BCUT2D eigenvalue weighted by Gasteiger charge is 2.10. The fourth-order valence-electron chi connectivity index (χ4n) is 1.48. The molecule has 3 rings (SSSR count). The van der Waals surface area contributed by atoms with E-state index in [9.17, 15) is 0 Å². The third-order valence-corrected chi connectivity index (χ3v) is 2.14. The van der Waals surface area contributed by atoms with Gasteiger partial charge in [-0.3, -0.25) is 0 Å². The highest BCUT2D eigenvalue weighted by atomic mass is 15.1. The van der Waals surface area contributed by atoms with Crippen LogP contribution in [0.2, 0.25) is 0 Å². The van der Waals surface area contributed by atoms with Gasteiger partial charge in [0.05, 0.1) is 6.33 Å². The predicted molar refractivity (Wildman–Crippen MR) is 57.1 cm³/mol. The molecule has 0 bridgehead atoms. The van der Waals surface area contributed by atoms with Gasteiger partial charge in [-0.1, -0.05) is 0 Å². The molecule has 0 aliphatic heterocycles. The molecule has 16 heavy (non-hydrogen) atoms. The Hall–Kier alpha value is -2.57. The molecule has 0 aliphatic rings. The van der Waals surface area contributed by atoms with Crippen molar-refractivity contribution in [3.05, 3.63) is 25.0 Å². The van der Waals surface area contributed by atoms with Crippen LogP contribution in [0, 0.1) is 0 Å². The number of H-pyrrole nitrogens is 1. The number of fused-ring (bicyclic) bond motifs is 1. The van der Waals surface area contributed by atoms with Crippen LogP contribution in [0.3, 0.4) is 0 Å². The van der Waals surface area contributed by atoms with Crippen LogP contribution in [-0.2, 0) is 0 Å². The van der Waals surface area contributed by atoms with Gasteiger partial charge in [0.2, 0.25) is 5.95 Å². The molecule has 7 nitrogen and oxygen atoms in total. The van der Waals surface area contributed by atoms with E-state index in [-0.39, 0.29) is 5.95 Å². The number of hydrogen-bond acceptors (Lipinski definition) is 6. The molecule has 3 heterocycles. The van der Waals surface area contributed by atoms with Crippen molar-refractivity contribution in [2.24, 2.45) is 0 Å². The van der Waals surface area contributed by atoms with E-state index in [4.69, 9.17) is 5.73 Å². The van der Waals surface area contributed by atoms with Crippen molar-refractivity contribution in [2.45, 2.75) is 0 Å². The molecule has 0 aromatic carbocycles. The number of rotatable bonds is 1. The number of hydrogen-bond donors (Lipinski definition) is 2. The highest BCUT2D eigenvalue weighted by molar-refractivity contribution is 5.87. The van der Waals surface area contributed by atoms with Gasteiger partial charge in [-0.15, -0.1) is 0 Å². The number of nitrogens with one attached hydrogen (secondary N) is 1. The zero-order chi connectivity index (χ0) is 11.0. The molecule has 0 spiro atoms. The van der Waals surface area contributed by atoms with Crippen molar-refractivity contribution in [1.82, 2.24) is 29.9 Å². The van der Waals surface area contributed by atoms with Crippen LogP contribution >= 0.6 is 0 Å². The van der Waals surface area contributed by atoms with Crippen LogP contribution in [0.1, 0.15) is 0 Å². The van der Waals surface area contributed by atoms with E-state index in [1.807, 2.05) is 0 Å². The average molecular weight is 213 g/mol. The van der Waals surface area contributed by atoms with E-state index in [0.717, 1.165) is 11.1 Å². The van der Waals surface area contributed by atoms with E-state index < -0.39 is 0 Å². The largest absolute Gasteiger partial charge is 0.368 e. The maximum atomic E-state index is 5.60. The summed E-state index contributed by atoms with van der Waals surface area (Å²) in [6.07, 6.45) is 6.33. The molecule has 78 valence electrons. The SMILES string of the molecule is Nc1nc(-c2cncnc2)c2[nH]cnc2n1. The third-order valence-electron chi connectivity index (χ3n) is 2.14. The highest BCUT2D eigenvalue weighted by Crippen LogP contribution is 2.22. The lowest BCUT2D eigenvalue weighted by Gasteiger charge is -2.01. The van der Waals surface area contributed by atoms with Gasteiger partial charge in [0.15, 0.2) is 5.65 Å². The van der Waals surface area contributed by atoms with Crippen LogP contribution in [0.25, 0.3) is 22.4 Å². The zero-order valence-electron chi connectivity index (χ0n) is 8.12. The monoisotopic (exact) mass is 213 g/mol. The van der Waals surface area contributed by atoms with E-state index >= 15 is 0 Å². The van der Waals surface area contributed by atoms with Crippen molar-refractivity contribution in [1.29, 1.82) is 0 Å². The van der Waals surface area contributed by atoms with Gasteiger partial charge in [-0.05, 0) is 0 Å². The van der Waals surface area contributed by atoms with Gasteiger partial charge in [0, 0.05) is 18.0 Å². The quantitative estimate of drug-likeness (QED) is 0.605. The van der Waals surface area contributed by atoms with Gasteiger partial charge in [0.1, 0.15) is 17.5 Å². The smallest absolute Gasteiger partial charge is 0.222 e. The normalized spacial score (nSPS) is 10.8. The lowest BCUT2D eigenvalue weighted by Crippen LogP contribution is -1.98. The topological polar surface area (TPSA) is 106 Å². The Labute approximate surface area is 89.8 Å². The fraction of sp³-hybridized carbons (Fsp3) is 0. The maximum Gasteiger partial charge on any atom is 0.222 e. The van der Waals surface area contributed by atoms with Crippen molar-refractivity contribution < 1.29 is 0 Å². The molecule has 3 N–H and O–H groups in total. The van der Waals surface area contributed by atoms with Crippen LogP contribution in [0.15, 0.2) is 25.0 Å². The minimum Gasteiger partial charge on any atom is -0.368 e. The molecule has 0 atom stereocenters. The number of nitrogens with zero attached hydrogens (tertiary/aromatic N) is 5. The first-order valence-corrected chi connectivity index (χ1v) is 4.56. The standard InChI is InChI=1S/C9H7N7/c10-9-15-6(5-1-11-3-12-2-5)7-8(16-9)14-4-13-7/h1-4H,(H3,10,13,14,15,16). The predicted octanol–water partition coefficient (Wildman–Crippen LogP) is 0.392. The van der Waals surface area contributed by atoms with Gasteiger partial charge in [-0.2, -0.15) is 4.98 Å². The van der Waals surface area contributed by atoms with Gasteiger partial charge in [-0.25, -0.2) is 19.9 Å². The summed E-state index contributed by atoms with van der Waals surface area (Å²) in [6.45, 7) is 0. The summed E-state index contributed by atoms with van der Waals surface area (Å²) in [5.74, 6) is 0.179. The number of nitrogen functional groups attached to an aromatic ring is 1. The summed E-state index contributed by atoms with van der Waals surface area (Å²) in [5, 5.41) is 0. The lowest BCUT2D eigenvalue weighted by molar-refractivity contribution is 1.15. The number of nitrogens with two attached hydrogens (primary N) is 1. The summed E-state index contributed by atoms with van der Waals surface area (Å²) in [7, 11) is 0. The molecule has 0 saturated heterocycles. The van der Waals surface area contributed by atoms with Crippen molar-refractivity contribution in [3.8, 4) is 11.3 Å². The molecular formula is C9H7N7. The summed E-state index contributed by atoms with van der Waals surface area (Å²) in [4.78, 5) is 23.0. The number of aromatic nitrogens is 6. The second-order valence-electron chi connectivity index (χ2n) is 3.16. The van der Waals surface area contributed by atoms with E-state index in [2.05, 4.69) is 29.9 Å². The first-order chi connectivity index (χ1) is 7.84. The molecule has 0 aliphatic carbocycles. The Morgan fingerprint density at radius 2 is 1.94 bits per heavy atom. The average Bonchev–Trinajstić information content (AvgIpc) is 2.77. The van der Waals surface area contributed by atoms with E-state index in [0.29, 0.717) is 11.3 Å². The minimum absolute atomic E-state index is 0.179. The molecule has 3 aromatic rings. The zero-order valence-corrected chi connectivity index (χ0v) is 8.12. The second-order valence-corrected chi connectivity index (χ2v) is 3.16. The van der Waals surface area contributed by atoms with Crippen molar-refractivity contribution in [3.63, 3.8) is 0 Å². The van der Waals surface area contributed by atoms with Gasteiger partial charge >= 0.3 is 0 Å². The Morgan fingerprint density at radius 1 is 1.12 bits per heavy atom. The first-order valence-electron chi connectivity index (χ1n) is 4.56. The van der Waals surface area contributed by atoms with Gasteiger partial charge in [0.25, 0.3) is 0 Å². The Bertz CT molecular complexity index is 631. The van der Waals surface area contributed by atoms with Crippen LogP contribution in [-0.4, -0.2) is 29.9 Å². The van der Waals surface area contributed by atoms with E-state index in [1.165, 1.54) is 6.33 Å². The van der Waals surface area contributed by atoms with E-state index in [1.54, 1.807) is 18.7 Å². The molecule has 0 amide bonds. The molecule has 3 aromatic heterocycles. The van der Waals surface area contributed by atoms with Crippen LogP contribution < -0.4 is 5.73 Å². The molecule has 0 saturated carbocycles. The number of anilines is 1. The Morgan fingerprint density at radius 3 is 2.75 bits per heavy atom. The van der Waals surface area contributed by atoms with Crippen LogP contribution in [0.4, 0.5) is 5.95 Å². The molecular weight excluding hydrogens is 206 g/mol. The molecule has 7 heteroatoms. The minimum atomic E-state index is 0.179. The first kappa shape index (κ1) is 8.72. The fourth-order valence-corrected chi connectivity index (χ4v) is 1.48. The lowest BCUT2D eigenvalue weighted by atomic mass is 10.2. The summed E-state index contributed by atoms with van der Waals surface area (Å²) >= 11 is 0. The number of aromatic amines is 1. The number of imidazole rings is 1. The summed E-state index contributed by atoms with van der Waals surface area (Å²) in [6, 6.07) is 0. The molecule has 0 fully saturated rings. The Balaban J connectivity index is 2.34. The maximum absolute atomic E-state index is 5.60. The summed E-state index contributed by atoms with van der Waals surface area (Å²) < 4.78 is 0. The second kappa shape index (κ2) is 3.23. The molecule has 0 radical (unpaired) electrons. The van der Waals surface area contributed by atoms with Gasteiger partial charge < -0.3 is 10.7 Å². The third kappa shape index (κ3) is 1.26. The Kier molecular flexibility index (Phi) is 1.76. The van der Waals surface area contributed by atoms with Crippen molar-refractivity contribution in [2.75, 3.05) is 5.73 Å². The van der Waals surface area contributed by atoms with Crippen molar-refractivity contribution >= 4 is 17.1 Å².